The highest BCUT2D eigenvalue weighted by molar-refractivity contribution is 5.79. The van der Waals surface area contributed by atoms with Crippen molar-refractivity contribution in [2.75, 3.05) is 19.8 Å². The summed E-state index contributed by atoms with van der Waals surface area (Å²) >= 11 is 0. The molecule has 1 aliphatic rings. The van der Waals surface area contributed by atoms with E-state index in [1.807, 2.05) is 36.4 Å². The molecule has 188 valence electrons. The van der Waals surface area contributed by atoms with Crippen LogP contribution in [0, 0.1) is 10.1 Å². The third-order valence-electron chi connectivity index (χ3n) is 6.24. The second kappa shape index (κ2) is 11.2. The van der Waals surface area contributed by atoms with Gasteiger partial charge in [0.2, 0.25) is 0 Å². The average molecular weight is 493 g/mol. The molecule has 2 unspecified atom stereocenters. The van der Waals surface area contributed by atoms with Crippen LogP contribution in [0.1, 0.15) is 42.1 Å². The molecular formula is C27H28N2O7. The van der Waals surface area contributed by atoms with Gasteiger partial charge in [-0.1, -0.05) is 48.5 Å². The molecule has 0 aromatic heterocycles. The zero-order valence-corrected chi connectivity index (χ0v) is 19.8. The molecule has 2 atom stereocenters. The van der Waals surface area contributed by atoms with E-state index in [9.17, 15) is 25.1 Å². The summed E-state index contributed by atoms with van der Waals surface area (Å²) in [6, 6.07) is 19.9. The van der Waals surface area contributed by atoms with Gasteiger partial charge in [-0.25, -0.2) is 4.79 Å². The number of rotatable bonds is 10. The molecule has 1 amide bonds. The highest BCUT2D eigenvalue weighted by Crippen LogP contribution is 2.44. The van der Waals surface area contributed by atoms with Gasteiger partial charge in [-0.3, -0.25) is 10.1 Å². The molecule has 36 heavy (non-hydrogen) atoms. The third-order valence-corrected chi connectivity index (χ3v) is 6.24. The van der Waals surface area contributed by atoms with Crippen LogP contribution in [0.2, 0.25) is 0 Å². The van der Waals surface area contributed by atoms with E-state index in [0.717, 1.165) is 22.3 Å². The van der Waals surface area contributed by atoms with Gasteiger partial charge in [-0.05, 0) is 41.7 Å². The first-order valence-electron chi connectivity index (χ1n) is 11.8. The number of alkyl carbamates (subject to hydrolysis) is 1. The monoisotopic (exact) mass is 492 g/mol. The number of amides is 1. The van der Waals surface area contributed by atoms with Gasteiger partial charge in [0.1, 0.15) is 18.5 Å². The molecule has 1 aliphatic carbocycles. The van der Waals surface area contributed by atoms with E-state index in [4.69, 9.17) is 9.47 Å². The largest absolute Gasteiger partial charge is 0.493 e. The molecule has 9 nitrogen and oxygen atoms in total. The summed E-state index contributed by atoms with van der Waals surface area (Å²) in [6.45, 7) is 2.23. The molecule has 0 fully saturated rings. The number of carbonyl (C=O) groups is 1. The van der Waals surface area contributed by atoms with Crippen molar-refractivity contribution in [3.8, 4) is 16.9 Å². The topological polar surface area (TPSA) is 131 Å². The van der Waals surface area contributed by atoms with Crippen LogP contribution in [0.5, 0.6) is 5.75 Å². The van der Waals surface area contributed by atoms with Crippen LogP contribution >= 0.6 is 0 Å². The normalized spacial score (nSPS) is 13.9. The lowest BCUT2D eigenvalue weighted by Gasteiger charge is -2.21. The van der Waals surface area contributed by atoms with Crippen LogP contribution in [0.3, 0.4) is 0 Å². The number of benzene rings is 3. The Morgan fingerprint density at radius 3 is 2.31 bits per heavy atom. The van der Waals surface area contributed by atoms with E-state index in [0.29, 0.717) is 0 Å². The summed E-state index contributed by atoms with van der Waals surface area (Å²) in [4.78, 5) is 22.9. The Hall–Kier alpha value is -3.95. The number of hydrogen-bond donors (Lipinski definition) is 3. The molecule has 3 N–H and O–H groups in total. The van der Waals surface area contributed by atoms with Crippen molar-refractivity contribution < 1.29 is 29.4 Å². The van der Waals surface area contributed by atoms with Crippen molar-refractivity contribution in [2.24, 2.45) is 0 Å². The van der Waals surface area contributed by atoms with Gasteiger partial charge in [0.05, 0.1) is 17.6 Å². The number of aliphatic hydroxyl groups excluding tert-OH is 2. The fourth-order valence-corrected chi connectivity index (χ4v) is 4.50. The van der Waals surface area contributed by atoms with Crippen LogP contribution in [0.25, 0.3) is 11.1 Å². The second-order valence-electron chi connectivity index (χ2n) is 8.47. The maximum atomic E-state index is 12.3. The van der Waals surface area contributed by atoms with E-state index < -0.39 is 23.2 Å². The minimum absolute atomic E-state index is 0.000378. The highest BCUT2D eigenvalue weighted by atomic mass is 16.6. The van der Waals surface area contributed by atoms with Gasteiger partial charge in [-0.15, -0.1) is 0 Å². The van der Waals surface area contributed by atoms with Crippen molar-refractivity contribution >= 4 is 11.8 Å². The lowest BCUT2D eigenvalue weighted by molar-refractivity contribution is -0.385. The van der Waals surface area contributed by atoms with Crippen molar-refractivity contribution in [1.82, 2.24) is 5.32 Å². The Bertz CT molecular complexity index is 1200. The number of aliphatic hydroxyl groups is 2. The maximum Gasteiger partial charge on any atom is 0.407 e. The van der Waals surface area contributed by atoms with Crippen molar-refractivity contribution in [2.45, 2.75) is 31.5 Å². The number of ether oxygens (including phenoxy) is 2. The molecule has 0 bridgehead atoms. The van der Waals surface area contributed by atoms with Crippen molar-refractivity contribution in [3.63, 3.8) is 0 Å². The van der Waals surface area contributed by atoms with Crippen LogP contribution in [-0.4, -0.2) is 47.1 Å². The zero-order chi connectivity index (χ0) is 25.7. The quantitative estimate of drug-likeness (QED) is 0.284. The van der Waals surface area contributed by atoms with E-state index >= 15 is 0 Å². The van der Waals surface area contributed by atoms with Crippen LogP contribution in [0.15, 0.2) is 66.7 Å². The van der Waals surface area contributed by atoms with Gasteiger partial charge in [0.25, 0.3) is 5.69 Å². The van der Waals surface area contributed by atoms with Crippen LogP contribution < -0.4 is 10.1 Å². The second-order valence-corrected chi connectivity index (χ2v) is 8.47. The summed E-state index contributed by atoms with van der Waals surface area (Å²) < 4.78 is 10.9. The van der Waals surface area contributed by atoms with Gasteiger partial charge in [-0.2, -0.15) is 0 Å². The van der Waals surface area contributed by atoms with E-state index in [-0.39, 0.29) is 49.1 Å². The summed E-state index contributed by atoms with van der Waals surface area (Å²) in [5.74, 6) is 0.181. The number of nitrogens with zero attached hydrogens (tertiary/aromatic N) is 1. The lowest BCUT2D eigenvalue weighted by Crippen LogP contribution is -2.30. The summed E-state index contributed by atoms with van der Waals surface area (Å²) in [7, 11) is 0. The molecular weight excluding hydrogens is 464 g/mol. The minimum Gasteiger partial charge on any atom is -0.493 e. The summed E-state index contributed by atoms with van der Waals surface area (Å²) in [5.41, 5.74) is 4.36. The number of nitro groups is 1. The molecule has 0 heterocycles. The predicted octanol–water partition coefficient (Wildman–Crippen LogP) is 4.32. The molecule has 3 aromatic rings. The Balaban J connectivity index is 1.31. The van der Waals surface area contributed by atoms with Crippen molar-refractivity contribution in [1.29, 1.82) is 0 Å². The molecule has 0 saturated carbocycles. The highest BCUT2D eigenvalue weighted by Gasteiger charge is 2.29. The number of non-ortho nitro benzene ring substituents is 1. The average Bonchev–Trinajstić information content (AvgIpc) is 3.21. The summed E-state index contributed by atoms with van der Waals surface area (Å²) in [5, 5.41) is 34.8. The van der Waals surface area contributed by atoms with E-state index in [2.05, 4.69) is 17.4 Å². The SMILES string of the molecule is CCOc1ccc([N+](=O)[O-])cc1C(O)C(O)CCNC(=O)OCC1c2ccccc2-c2ccccc21. The lowest BCUT2D eigenvalue weighted by atomic mass is 9.98. The molecule has 0 aliphatic heterocycles. The Morgan fingerprint density at radius 2 is 1.69 bits per heavy atom. The first-order chi connectivity index (χ1) is 17.4. The number of carbonyl (C=O) groups excluding carboxylic acids is 1. The number of nitrogens with one attached hydrogen (secondary N) is 1. The first kappa shape index (κ1) is 25.2. The number of hydrogen-bond acceptors (Lipinski definition) is 7. The fraction of sp³-hybridized carbons (Fsp3) is 0.296. The predicted molar refractivity (Wildman–Crippen MR) is 133 cm³/mol. The maximum absolute atomic E-state index is 12.3. The van der Waals surface area contributed by atoms with Crippen molar-refractivity contribution in [3.05, 3.63) is 93.5 Å². The number of fused-ring (bicyclic) bond motifs is 3. The first-order valence-corrected chi connectivity index (χ1v) is 11.8. The molecule has 0 radical (unpaired) electrons. The molecule has 3 aromatic carbocycles. The molecule has 0 saturated heterocycles. The standard InChI is InChI=1S/C27H28N2O7/c1-2-35-25-12-11-17(29(33)34)15-22(25)26(31)24(30)13-14-28-27(32)36-16-23-20-9-5-3-7-18(20)19-8-4-6-10-21(19)23/h3-12,15,23-24,26,30-31H,2,13-14,16H2,1H3,(H,28,32). The minimum atomic E-state index is -1.43. The fourth-order valence-electron chi connectivity index (χ4n) is 4.50. The van der Waals surface area contributed by atoms with Crippen LogP contribution in [-0.2, 0) is 4.74 Å². The third kappa shape index (κ3) is 5.32. The molecule has 4 rings (SSSR count). The molecule has 9 heteroatoms. The molecule has 0 spiro atoms. The van der Waals surface area contributed by atoms with E-state index in [1.165, 1.54) is 18.2 Å². The van der Waals surface area contributed by atoms with Crippen LogP contribution in [0.4, 0.5) is 10.5 Å². The smallest absolute Gasteiger partial charge is 0.407 e. The van der Waals surface area contributed by atoms with Gasteiger partial charge >= 0.3 is 6.09 Å². The van der Waals surface area contributed by atoms with Gasteiger partial charge in [0, 0.05) is 30.2 Å². The number of nitro benzene ring substituents is 1. The Labute approximate surface area is 208 Å². The summed E-state index contributed by atoms with van der Waals surface area (Å²) in [6.07, 6.45) is -3.36. The van der Waals surface area contributed by atoms with Gasteiger partial charge in [0.15, 0.2) is 0 Å². The Kier molecular flexibility index (Phi) is 7.82. The Morgan fingerprint density at radius 1 is 1.06 bits per heavy atom. The zero-order valence-electron chi connectivity index (χ0n) is 19.8. The van der Waals surface area contributed by atoms with E-state index in [1.54, 1.807) is 6.92 Å². The van der Waals surface area contributed by atoms with Gasteiger partial charge < -0.3 is 25.0 Å².